The lowest BCUT2D eigenvalue weighted by Crippen LogP contribution is -2.21. The lowest BCUT2D eigenvalue weighted by Gasteiger charge is -2.20. The standard InChI is InChI=1S/C18H15ClN4S/c1-11-3-5-14(6-4-11)17-20-21-18-23(17)22-16(12(2)24-18)13-7-9-15(19)10-8-13/h3-10,12H,1-2H3/t12-/m1/s1. The summed E-state index contributed by atoms with van der Waals surface area (Å²) in [7, 11) is 0. The predicted octanol–water partition coefficient (Wildman–Crippen LogP) is 4.65. The fourth-order valence-corrected chi connectivity index (χ4v) is 3.68. The third kappa shape index (κ3) is 2.74. The Bertz CT molecular complexity index is 913. The highest BCUT2D eigenvalue weighted by Crippen LogP contribution is 2.33. The highest BCUT2D eigenvalue weighted by atomic mass is 35.5. The van der Waals surface area contributed by atoms with Crippen molar-refractivity contribution < 1.29 is 0 Å². The van der Waals surface area contributed by atoms with Gasteiger partial charge in [-0.25, -0.2) is 0 Å². The van der Waals surface area contributed by atoms with Gasteiger partial charge in [-0.1, -0.05) is 65.3 Å². The van der Waals surface area contributed by atoms with Gasteiger partial charge in [0.05, 0.1) is 11.0 Å². The number of hydrogen-bond donors (Lipinski definition) is 0. The second-order valence-corrected chi connectivity index (χ2v) is 7.48. The lowest BCUT2D eigenvalue weighted by atomic mass is 10.1. The third-order valence-electron chi connectivity index (χ3n) is 3.94. The van der Waals surface area contributed by atoms with Crippen LogP contribution in [0.1, 0.15) is 18.1 Å². The molecule has 0 saturated carbocycles. The number of nitrogens with zero attached hydrogens (tertiary/aromatic N) is 4. The smallest absolute Gasteiger partial charge is 0.187 e. The molecule has 2 aromatic carbocycles. The van der Waals surface area contributed by atoms with E-state index in [0.29, 0.717) is 0 Å². The van der Waals surface area contributed by atoms with Crippen LogP contribution in [0.15, 0.2) is 58.8 Å². The van der Waals surface area contributed by atoms with Gasteiger partial charge in [0.2, 0.25) is 5.16 Å². The van der Waals surface area contributed by atoms with Gasteiger partial charge in [0, 0.05) is 10.6 Å². The molecule has 3 aromatic rings. The molecular weight excluding hydrogens is 340 g/mol. The highest BCUT2D eigenvalue weighted by Gasteiger charge is 2.26. The molecule has 1 aliphatic heterocycles. The van der Waals surface area contributed by atoms with E-state index in [0.717, 1.165) is 32.8 Å². The molecular formula is C18H15ClN4S. The molecule has 0 unspecified atom stereocenters. The maximum absolute atomic E-state index is 6.00. The molecule has 4 nitrogen and oxygen atoms in total. The van der Waals surface area contributed by atoms with Crippen molar-refractivity contribution in [1.82, 2.24) is 14.9 Å². The van der Waals surface area contributed by atoms with Crippen LogP contribution >= 0.6 is 23.4 Å². The van der Waals surface area contributed by atoms with Crippen LogP contribution in [0.25, 0.3) is 11.4 Å². The number of aryl methyl sites for hydroxylation is 1. The van der Waals surface area contributed by atoms with Crippen LogP contribution in [-0.2, 0) is 0 Å². The van der Waals surface area contributed by atoms with Crippen LogP contribution in [0, 0.1) is 6.92 Å². The molecule has 2 heterocycles. The molecule has 0 bridgehead atoms. The van der Waals surface area contributed by atoms with Crippen LogP contribution in [0.5, 0.6) is 0 Å². The molecule has 4 rings (SSSR count). The van der Waals surface area contributed by atoms with Crippen molar-refractivity contribution in [3.63, 3.8) is 0 Å². The number of hydrogen-bond acceptors (Lipinski definition) is 4. The number of aromatic nitrogens is 3. The first-order valence-corrected chi connectivity index (χ1v) is 8.91. The number of benzene rings is 2. The van der Waals surface area contributed by atoms with Crippen LogP contribution < -0.4 is 0 Å². The zero-order chi connectivity index (χ0) is 16.7. The Labute approximate surface area is 149 Å². The SMILES string of the molecule is Cc1ccc(-c2nnc3n2N=C(c2ccc(Cl)cc2)[C@@H](C)S3)cc1. The van der Waals surface area contributed by atoms with E-state index in [-0.39, 0.29) is 5.25 Å². The topological polar surface area (TPSA) is 43.1 Å². The molecule has 0 spiro atoms. The minimum absolute atomic E-state index is 0.203. The van der Waals surface area contributed by atoms with E-state index in [1.165, 1.54) is 5.56 Å². The molecule has 0 aliphatic carbocycles. The van der Waals surface area contributed by atoms with E-state index in [9.17, 15) is 0 Å². The molecule has 0 fully saturated rings. The monoisotopic (exact) mass is 354 g/mol. The maximum Gasteiger partial charge on any atom is 0.213 e. The summed E-state index contributed by atoms with van der Waals surface area (Å²) < 4.78 is 1.83. The maximum atomic E-state index is 6.00. The van der Waals surface area contributed by atoms with Gasteiger partial charge in [-0.2, -0.15) is 9.78 Å². The van der Waals surface area contributed by atoms with Gasteiger partial charge in [0.15, 0.2) is 5.82 Å². The summed E-state index contributed by atoms with van der Waals surface area (Å²) in [6, 6.07) is 16.0. The van der Waals surface area contributed by atoms with E-state index < -0.39 is 0 Å². The Morgan fingerprint density at radius 3 is 2.33 bits per heavy atom. The Kier molecular flexibility index (Phi) is 3.90. The van der Waals surface area contributed by atoms with Gasteiger partial charge in [-0.05, 0) is 31.5 Å². The summed E-state index contributed by atoms with van der Waals surface area (Å²) >= 11 is 7.66. The molecule has 6 heteroatoms. The average molecular weight is 355 g/mol. The van der Waals surface area contributed by atoms with Gasteiger partial charge in [-0.15, -0.1) is 10.2 Å². The summed E-state index contributed by atoms with van der Waals surface area (Å²) in [6.07, 6.45) is 0. The van der Waals surface area contributed by atoms with Crippen LogP contribution in [0.2, 0.25) is 5.02 Å². The molecule has 1 aromatic heterocycles. The summed E-state index contributed by atoms with van der Waals surface area (Å²) in [4.78, 5) is 0. The molecule has 0 amide bonds. The normalized spacial score (nSPS) is 16.6. The van der Waals surface area contributed by atoms with Crippen molar-refractivity contribution in [3.05, 3.63) is 64.7 Å². The second kappa shape index (κ2) is 6.07. The largest absolute Gasteiger partial charge is 0.213 e. The van der Waals surface area contributed by atoms with Gasteiger partial charge < -0.3 is 0 Å². The molecule has 120 valence electrons. The Morgan fingerprint density at radius 2 is 1.62 bits per heavy atom. The number of rotatable bonds is 2. The van der Waals surface area contributed by atoms with Crippen LogP contribution in [-0.4, -0.2) is 25.8 Å². The van der Waals surface area contributed by atoms with Gasteiger partial charge in [0.1, 0.15) is 0 Å². The van der Waals surface area contributed by atoms with Crippen molar-refractivity contribution in [2.75, 3.05) is 0 Å². The van der Waals surface area contributed by atoms with E-state index in [2.05, 4.69) is 36.2 Å². The van der Waals surface area contributed by atoms with Crippen molar-refractivity contribution in [2.45, 2.75) is 24.3 Å². The minimum atomic E-state index is 0.203. The van der Waals surface area contributed by atoms with Crippen LogP contribution in [0.3, 0.4) is 0 Å². The zero-order valence-corrected chi connectivity index (χ0v) is 14.8. The van der Waals surface area contributed by atoms with Gasteiger partial charge in [0.25, 0.3) is 0 Å². The first kappa shape index (κ1) is 15.4. The van der Waals surface area contributed by atoms with Crippen molar-refractivity contribution in [2.24, 2.45) is 5.10 Å². The molecule has 0 radical (unpaired) electrons. The fraction of sp³-hybridized carbons (Fsp3) is 0.167. The predicted molar refractivity (Wildman–Crippen MR) is 98.9 cm³/mol. The van der Waals surface area contributed by atoms with Crippen molar-refractivity contribution >= 4 is 29.1 Å². The quantitative estimate of drug-likeness (QED) is 0.672. The summed E-state index contributed by atoms with van der Waals surface area (Å²) in [5.41, 5.74) is 4.28. The van der Waals surface area contributed by atoms with Crippen molar-refractivity contribution in [1.29, 1.82) is 0 Å². The summed E-state index contributed by atoms with van der Waals surface area (Å²) in [5, 5.41) is 15.2. The Hall–Kier alpha value is -2.11. The van der Waals surface area contributed by atoms with Gasteiger partial charge >= 0.3 is 0 Å². The number of fused-ring (bicyclic) bond motifs is 1. The zero-order valence-electron chi connectivity index (χ0n) is 13.3. The lowest BCUT2D eigenvalue weighted by molar-refractivity contribution is 0.754. The molecule has 0 N–H and O–H groups in total. The van der Waals surface area contributed by atoms with E-state index in [1.54, 1.807) is 11.8 Å². The molecule has 1 aliphatic rings. The number of thioether (sulfide) groups is 1. The van der Waals surface area contributed by atoms with Crippen LogP contribution in [0.4, 0.5) is 0 Å². The number of halogens is 1. The first-order valence-electron chi connectivity index (χ1n) is 7.66. The van der Waals surface area contributed by atoms with Crippen molar-refractivity contribution in [3.8, 4) is 11.4 Å². The average Bonchev–Trinajstić information content (AvgIpc) is 2.98. The van der Waals surface area contributed by atoms with E-state index in [1.807, 2.05) is 41.1 Å². The van der Waals surface area contributed by atoms with Gasteiger partial charge in [-0.3, -0.25) is 0 Å². The Morgan fingerprint density at radius 1 is 0.958 bits per heavy atom. The second-order valence-electron chi connectivity index (χ2n) is 5.74. The minimum Gasteiger partial charge on any atom is -0.187 e. The third-order valence-corrected chi connectivity index (χ3v) is 5.23. The molecule has 1 atom stereocenters. The summed E-state index contributed by atoms with van der Waals surface area (Å²) in [6.45, 7) is 4.19. The fourth-order valence-electron chi connectivity index (χ4n) is 2.63. The molecule has 24 heavy (non-hydrogen) atoms. The highest BCUT2D eigenvalue weighted by molar-refractivity contribution is 8.00. The summed E-state index contributed by atoms with van der Waals surface area (Å²) in [5.74, 6) is 0.760. The van der Waals surface area contributed by atoms with E-state index >= 15 is 0 Å². The Balaban J connectivity index is 1.81. The van der Waals surface area contributed by atoms with E-state index in [4.69, 9.17) is 16.7 Å². The molecule has 0 saturated heterocycles. The first-order chi connectivity index (χ1) is 11.6.